The van der Waals surface area contributed by atoms with Crippen molar-refractivity contribution in [3.05, 3.63) is 57.5 Å². The van der Waals surface area contributed by atoms with Crippen molar-refractivity contribution in [1.82, 2.24) is 0 Å². The third-order valence-corrected chi connectivity index (χ3v) is 5.47. The number of ether oxygens (including phenoxy) is 1. The molecule has 0 radical (unpaired) electrons. The summed E-state index contributed by atoms with van der Waals surface area (Å²) in [6, 6.07) is 13.4. The van der Waals surface area contributed by atoms with Crippen LogP contribution in [0.25, 0.3) is 0 Å². The van der Waals surface area contributed by atoms with Crippen LogP contribution >= 0.6 is 39.3 Å². The van der Waals surface area contributed by atoms with Crippen molar-refractivity contribution in [2.24, 2.45) is 0 Å². The fourth-order valence-electron chi connectivity index (χ4n) is 2.38. The van der Waals surface area contributed by atoms with Crippen molar-refractivity contribution in [3.8, 4) is 5.75 Å². The first kappa shape index (κ1) is 15.7. The third-order valence-electron chi connectivity index (χ3n) is 3.44. The smallest absolute Gasteiger partial charge is 0.238 e. The Bertz CT molecular complexity index is 708. The van der Waals surface area contributed by atoms with Gasteiger partial charge >= 0.3 is 0 Å². The van der Waals surface area contributed by atoms with Crippen LogP contribution in [0.15, 0.2) is 46.9 Å². The molecule has 0 aromatic heterocycles. The summed E-state index contributed by atoms with van der Waals surface area (Å²) < 4.78 is 6.19. The maximum Gasteiger partial charge on any atom is 0.238 e. The Kier molecular flexibility index (Phi) is 4.66. The van der Waals surface area contributed by atoms with E-state index in [1.807, 2.05) is 30.3 Å². The molecule has 1 aliphatic rings. The second-order valence-electron chi connectivity index (χ2n) is 4.80. The van der Waals surface area contributed by atoms with E-state index in [9.17, 15) is 4.79 Å². The Labute approximate surface area is 146 Å². The molecule has 0 aliphatic carbocycles. The van der Waals surface area contributed by atoms with Gasteiger partial charge in [-0.1, -0.05) is 39.7 Å². The Hall–Kier alpha value is -1.17. The lowest BCUT2D eigenvalue weighted by Gasteiger charge is -2.25. The van der Waals surface area contributed by atoms with Crippen LogP contribution in [-0.2, 0) is 4.79 Å². The monoisotopic (exact) mass is 397 g/mol. The summed E-state index contributed by atoms with van der Waals surface area (Å²) in [5.74, 6) is 1.15. The SMILES string of the molecule is COc1ccc(N2C(=O)CS[C@@H]2c2ccc(Br)cc2)cc1Cl. The Morgan fingerprint density at radius 3 is 2.64 bits per heavy atom. The van der Waals surface area contributed by atoms with Crippen molar-refractivity contribution in [2.75, 3.05) is 17.8 Å². The Morgan fingerprint density at radius 2 is 2.00 bits per heavy atom. The fraction of sp³-hybridized carbons (Fsp3) is 0.188. The van der Waals surface area contributed by atoms with Crippen LogP contribution in [0.1, 0.15) is 10.9 Å². The van der Waals surface area contributed by atoms with E-state index in [2.05, 4.69) is 15.9 Å². The van der Waals surface area contributed by atoms with Gasteiger partial charge in [-0.05, 0) is 35.9 Å². The van der Waals surface area contributed by atoms with Gasteiger partial charge in [-0.3, -0.25) is 9.69 Å². The molecule has 2 aromatic carbocycles. The molecule has 114 valence electrons. The number of carbonyl (C=O) groups excluding carboxylic acids is 1. The summed E-state index contributed by atoms with van der Waals surface area (Å²) in [5.41, 5.74) is 1.87. The minimum absolute atomic E-state index is 0.0370. The van der Waals surface area contributed by atoms with Gasteiger partial charge in [0.1, 0.15) is 11.1 Å². The molecule has 6 heteroatoms. The van der Waals surface area contributed by atoms with Gasteiger partial charge in [0.2, 0.25) is 5.91 Å². The molecule has 0 bridgehead atoms. The summed E-state index contributed by atoms with van der Waals surface area (Å²) >= 11 is 11.2. The maximum atomic E-state index is 12.3. The van der Waals surface area contributed by atoms with Gasteiger partial charge < -0.3 is 4.74 Å². The molecule has 0 saturated carbocycles. The van der Waals surface area contributed by atoms with Gasteiger partial charge in [0, 0.05) is 10.2 Å². The first-order valence-corrected chi connectivity index (χ1v) is 8.85. The maximum absolute atomic E-state index is 12.3. The number of hydrogen-bond donors (Lipinski definition) is 0. The molecule has 0 N–H and O–H groups in total. The largest absolute Gasteiger partial charge is 0.495 e. The molecule has 2 aromatic rings. The van der Waals surface area contributed by atoms with Crippen LogP contribution in [-0.4, -0.2) is 18.8 Å². The van der Waals surface area contributed by atoms with Gasteiger partial charge in [-0.15, -0.1) is 11.8 Å². The lowest BCUT2D eigenvalue weighted by Crippen LogP contribution is -2.27. The number of methoxy groups -OCH3 is 1. The fourth-order valence-corrected chi connectivity index (χ4v) is 4.08. The number of benzene rings is 2. The molecule has 3 nitrogen and oxygen atoms in total. The van der Waals surface area contributed by atoms with Gasteiger partial charge in [-0.25, -0.2) is 0 Å². The molecule has 0 spiro atoms. The summed E-state index contributed by atoms with van der Waals surface area (Å²) in [4.78, 5) is 14.1. The molecule has 22 heavy (non-hydrogen) atoms. The third kappa shape index (κ3) is 2.98. The average Bonchev–Trinajstić information content (AvgIpc) is 2.89. The lowest BCUT2D eigenvalue weighted by molar-refractivity contribution is -0.115. The number of rotatable bonds is 3. The van der Waals surface area contributed by atoms with Gasteiger partial charge in [0.15, 0.2) is 0 Å². The molecule has 1 aliphatic heterocycles. The minimum Gasteiger partial charge on any atom is -0.495 e. The zero-order chi connectivity index (χ0) is 15.7. The molecule has 1 atom stereocenters. The van der Waals surface area contributed by atoms with E-state index in [0.717, 1.165) is 15.7 Å². The van der Waals surface area contributed by atoms with Crippen molar-refractivity contribution in [1.29, 1.82) is 0 Å². The van der Waals surface area contributed by atoms with Crippen LogP contribution in [0.3, 0.4) is 0 Å². The quantitative estimate of drug-likeness (QED) is 0.737. The first-order chi connectivity index (χ1) is 10.6. The van der Waals surface area contributed by atoms with Crippen molar-refractivity contribution in [3.63, 3.8) is 0 Å². The van der Waals surface area contributed by atoms with E-state index in [1.165, 1.54) is 0 Å². The van der Waals surface area contributed by atoms with E-state index in [1.54, 1.807) is 35.9 Å². The predicted molar refractivity (Wildman–Crippen MR) is 94.8 cm³/mol. The highest BCUT2D eigenvalue weighted by atomic mass is 79.9. The van der Waals surface area contributed by atoms with E-state index in [4.69, 9.17) is 16.3 Å². The van der Waals surface area contributed by atoms with E-state index in [0.29, 0.717) is 16.5 Å². The standard InChI is InChI=1S/C16H13BrClNO2S/c1-21-14-7-6-12(8-13(14)18)19-15(20)9-22-16(19)10-2-4-11(17)5-3-10/h2-8,16H,9H2,1H3/t16-/m1/s1. The molecule has 1 fully saturated rings. The summed E-state index contributed by atoms with van der Waals surface area (Å²) in [5, 5.41) is 0.462. The number of nitrogens with zero attached hydrogens (tertiary/aromatic N) is 1. The predicted octanol–water partition coefficient (Wildman–Crippen LogP) is 4.89. The zero-order valence-electron chi connectivity index (χ0n) is 11.8. The van der Waals surface area contributed by atoms with Crippen molar-refractivity contribution >= 4 is 50.9 Å². The van der Waals surface area contributed by atoms with Gasteiger partial charge in [0.05, 0.1) is 17.9 Å². The number of halogens is 2. The van der Waals surface area contributed by atoms with Crippen LogP contribution in [0.5, 0.6) is 5.75 Å². The highest BCUT2D eigenvalue weighted by molar-refractivity contribution is 9.10. The molecular weight excluding hydrogens is 386 g/mol. The Balaban J connectivity index is 1.97. The van der Waals surface area contributed by atoms with Crippen LogP contribution in [0.4, 0.5) is 5.69 Å². The topological polar surface area (TPSA) is 29.5 Å². The van der Waals surface area contributed by atoms with Crippen LogP contribution in [0, 0.1) is 0 Å². The summed E-state index contributed by atoms with van der Waals surface area (Å²) in [7, 11) is 1.57. The summed E-state index contributed by atoms with van der Waals surface area (Å²) in [6.45, 7) is 0. The average molecular weight is 399 g/mol. The number of anilines is 1. The summed E-state index contributed by atoms with van der Waals surface area (Å²) in [6.07, 6.45) is 0. The second-order valence-corrected chi connectivity index (χ2v) is 7.19. The molecule has 1 amide bonds. The van der Waals surface area contributed by atoms with E-state index in [-0.39, 0.29) is 11.3 Å². The number of thioether (sulfide) groups is 1. The van der Waals surface area contributed by atoms with E-state index >= 15 is 0 Å². The lowest BCUT2D eigenvalue weighted by atomic mass is 10.2. The molecule has 0 unspecified atom stereocenters. The van der Waals surface area contributed by atoms with Crippen LogP contribution < -0.4 is 9.64 Å². The molecule has 3 rings (SSSR count). The normalized spacial score (nSPS) is 17.9. The van der Waals surface area contributed by atoms with Crippen LogP contribution in [0.2, 0.25) is 5.02 Å². The highest BCUT2D eigenvalue weighted by Crippen LogP contribution is 2.43. The molecular formula is C16H13BrClNO2S. The highest BCUT2D eigenvalue weighted by Gasteiger charge is 2.34. The Morgan fingerprint density at radius 1 is 1.27 bits per heavy atom. The molecule has 1 saturated heterocycles. The minimum atomic E-state index is -0.0370. The molecule has 1 heterocycles. The number of hydrogen-bond acceptors (Lipinski definition) is 3. The van der Waals surface area contributed by atoms with Crippen molar-refractivity contribution in [2.45, 2.75) is 5.37 Å². The van der Waals surface area contributed by atoms with Crippen molar-refractivity contribution < 1.29 is 9.53 Å². The van der Waals surface area contributed by atoms with Gasteiger partial charge in [0.25, 0.3) is 0 Å². The number of amides is 1. The van der Waals surface area contributed by atoms with Gasteiger partial charge in [-0.2, -0.15) is 0 Å². The number of carbonyl (C=O) groups is 1. The second kappa shape index (κ2) is 6.52. The first-order valence-electron chi connectivity index (χ1n) is 6.63. The van der Waals surface area contributed by atoms with E-state index < -0.39 is 0 Å². The zero-order valence-corrected chi connectivity index (χ0v) is 14.9.